The molecule has 0 saturated carbocycles. The molecule has 1 aromatic carbocycles. The van der Waals surface area contributed by atoms with E-state index in [4.69, 9.17) is 4.74 Å². The number of benzene rings is 1. The van der Waals surface area contributed by atoms with Crippen molar-refractivity contribution in [1.29, 1.82) is 0 Å². The summed E-state index contributed by atoms with van der Waals surface area (Å²) in [7, 11) is 1.54. The topological polar surface area (TPSA) is 87.1 Å². The lowest BCUT2D eigenvalue weighted by molar-refractivity contribution is -0.138. The molecule has 0 unspecified atom stereocenters. The number of fused-ring (bicyclic) bond motifs is 3. The lowest BCUT2D eigenvalue weighted by atomic mass is 9.69. The zero-order chi connectivity index (χ0) is 21.6. The number of rotatable bonds is 5. The predicted molar refractivity (Wildman–Crippen MR) is 115 cm³/mol. The third-order valence-corrected chi connectivity index (χ3v) is 7.10. The zero-order valence-corrected chi connectivity index (χ0v) is 18.7. The van der Waals surface area contributed by atoms with Crippen molar-refractivity contribution in [3.63, 3.8) is 0 Å². The molecule has 0 spiro atoms. The minimum absolute atomic E-state index is 0.110. The molecule has 2 N–H and O–H groups in total. The Morgan fingerprint density at radius 3 is 2.80 bits per heavy atom. The van der Waals surface area contributed by atoms with Gasteiger partial charge in [-0.05, 0) is 55.5 Å². The number of ether oxygens (including phenoxy) is 1. The number of allylic oxidation sites excluding steroid dienone is 1. The second-order valence-corrected chi connectivity index (χ2v) is 9.37. The molecule has 1 aliphatic carbocycles. The van der Waals surface area contributed by atoms with E-state index < -0.39 is 0 Å². The number of carbonyl (C=O) groups excluding carboxylic acids is 2. The van der Waals surface area contributed by atoms with Crippen LogP contribution < -0.4 is 0 Å². The highest BCUT2D eigenvalue weighted by atomic mass is 79.9. The summed E-state index contributed by atoms with van der Waals surface area (Å²) in [6.07, 6.45) is 3.71. The number of phenolic OH excluding ortho intramolecular Hbond substituents is 1. The van der Waals surface area contributed by atoms with Gasteiger partial charge >= 0.3 is 0 Å². The Labute approximate surface area is 184 Å². The maximum Gasteiger partial charge on any atom is 0.233 e. The van der Waals surface area contributed by atoms with Gasteiger partial charge in [0.15, 0.2) is 0 Å². The van der Waals surface area contributed by atoms with Crippen molar-refractivity contribution in [2.75, 3.05) is 20.3 Å². The number of hydrogen-bond donors (Lipinski definition) is 2. The van der Waals surface area contributed by atoms with Crippen LogP contribution >= 0.6 is 15.9 Å². The molecule has 2 saturated heterocycles. The van der Waals surface area contributed by atoms with Gasteiger partial charge in [0.2, 0.25) is 11.8 Å². The van der Waals surface area contributed by atoms with Gasteiger partial charge in [0.1, 0.15) is 5.75 Å². The first-order chi connectivity index (χ1) is 14.3. The molecule has 4 atom stereocenters. The summed E-state index contributed by atoms with van der Waals surface area (Å²) in [6, 6.07) is 5.32. The van der Waals surface area contributed by atoms with Crippen LogP contribution in [-0.4, -0.2) is 53.3 Å². The molecule has 2 aliphatic heterocycles. The van der Waals surface area contributed by atoms with E-state index in [0.29, 0.717) is 13.0 Å². The fourth-order valence-electron chi connectivity index (χ4n) is 5.11. The quantitative estimate of drug-likeness (QED) is 0.503. The number of aliphatic hydroxyl groups excluding tert-OH is 1. The van der Waals surface area contributed by atoms with Crippen molar-refractivity contribution in [1.82, 2.24) is 4.90 Å². The Balaban J connectivity index is 1.52. The van der Waals surface area contributed by atoms with Gasteiger partial charge in [0.05, 0.1) is 31.2 Å². The lowest BCUT2D eigenvalue weighted by Gasteiger charge is -2.31. The molecule has 2 fully saturated rings. The minimum Gasteiger partial charge on any atom is -0.507 e. The zero-order valence-electron chi connectivity index (χ0n) is 17.1. The Morgan fingerprint density at radius 1 is 1.30 bits per heavy atom. The van der Waals surface area contributed by atoms with Crippen molar-refractivity contribution < 1.29 is 24.5 Å². The van der Waals surface area contributed by atoms with Gasteiger partial charge in [0.25, 0.3) is 0 Å². The standard InChI is InChI=1S/C23H26BrNO5/c1-12(7-13-8-15(24)4-5-18(13)27)3-6-19-20-14(10-26)9-16-21(17(20)11-30-19)23(29)25(2)22(16)28/h4-5,7-8,16-17,19,21,26-27H,3,6,9-11H2,1-2H3/b12-7+/t16-,17+,19-,21-/m1/s1. The predicted octanol–water partition coefficient (Wildman–Crippen LogP) is 3.28. The van der Waals surface area contributed by atoms with Crippen LogP contribution in [0.5, 0.6) is 5.75 Å². The van der Waals surface area contributed by atoms with Crippen molar-refractivity contribution in [3.8, 4) is 5.75 Å². The summed E-state index contributed by atoms with van der Waals surface area (Å²) >= 11 is 3.42. The number of phenols is 1. The second kappa shape index (κ2) is 8.29. The first-order valence-electron chi connectivity index (χ1n) is 10.2. The maximum absolute atomic E-state index is 12.7. The molecule has 4 rings (SSSR count). The van der Waals surface area contributed by atoms with Gasteiger partial charge < -0.3 is 14.9 Å². The molecule has 7 heteroatoms. The Hall–Kier alpha value is -1.96. The average molecular weight is 476 g/mol. The Bertz CT molecular complexity index is 953. The minimum atomic E-state index is -0.373. The second-order valence-electron chi connectivity index (χ2n) is 8.45. The van der Waals surface area contributed by atoms with Gasteiger partial charge in [-0.15, -0.1) is 0 Å². The average Bonchev–Trinajstić information content (AvgIpc) is 3.24. The van der Waals surface area contributed by atoms with E-state index in [2.05, 4.69) is 15.9 Å². The first kappa shape index (κ1) is 21.3. The van der Waals surface area contributed by atoms with E-state index in [-0.39, 0.29) is 48.0 Å². The molecule has 1 aromatic rings. The van der Waals surface area contributed by atoms with E-state index in [1.807, 2.05) is 19.1 Å². The third kappa shape index (κ3) is 3.63. The van der Waals surface area contributed by atoms with Gasteiger partial charge in [0, 0.05) is 23.0 Å². The molecule has 0 aromatic heterocycles. The summed E-state index contributed by atoms with van der Waals surface area (Å²) < 4.78 is 6.97. The van der Waals surface area contributed by atoms with Crippen molar-refractivity contribution in [2.45, 2.75) is 32.3 Å². The molecule has 2 heterocycles. The smallest absolute Gasteiger partial charge is 0.233 e. The molecule has 0 bridgehead atoms. The van der Waals surface area contributed by atoms with Gasteiger partial charge in [-0.2, -0.15) is 0 Å². The highest BCUT2D eigenvalue weighted by Gasteiger charge is 2.55. The molecule has 2 amide bonds. The summed E-state index contributed by atoms with van der Waals surface area (Å²) in [5, 5.41) is 20.0. The van der Waals surface area contributed by atoms with Crippen LogP contribution in [0.25, 0.3) is 6.08 Å². The summed E-state index contributed by atoms with van der Waals surface area (Å²) in [5.74, 6) is -0.918. The van der Waals surface area contributed by atoms with Crippen LogP contribution in [0.4, 0.5) is 0 Å². The highest BCUT2D eigenvalue weighted by molar-refractivity contribution is 9.10. The lowest BCUT2D eigenvalue weighted by Crippen LogP contribution is -2.34. The number of imide groups is 1. The van der Waals surface area contributed by atoms with E-state index in [0.717, 1.165) is 39.6 Å². The number of nitrogens with zero attached hydrogens (tertiary/aromatic N) is 1. The first-order valence-corrected chi connectivity index (χ1v) is 11.0. The number of aliphatic hydroxyl groups is 1. The number of likely N-dealkylation sites (tertiary alicyclic amines) is 1. The SMILES string of the molecule is C/C(=C\c1cc(Br)ccc1O)CC[C@H]1OC[C@H]2C1=C(CO)C[C@H]1C(=O)N(C)C(=O)[C@H]12. The van der Waals surface area contributed by atoms with Gasteiger partial charge in [-0.1, -0.05) is 27.6 Å². The molecular formula is C23H26BrNO5. The third-order valence-electron chi connectivity index (χ3n) is 6.61. The molecule has 6 nitrogen and oxygen atoms in total. The summed E-state index contributed by atoms with van der Waals surface area (Å²) in [4.78, 5) is 26.3. The molecule has 3 aliphatic rings. The summed E-state index contributed by atoms with van der Waals surface area (Å²) in [5.41, 5.74) is 3.72. The van der Waals surface area contributed by atoms with Crippen molar-refractivity contribution in [3.05, 3.63) is 45.0 Å². The van der Waals surface area contributed by atoms with Crippen molar-refractivity contribution in [2.24, 2.45) is 17.8 Å². The van der Waals surface area contributed by atoms with Crippen molar-refractivity contribution >= 4 is 33.8 Å². The monoisotopic (exact) mass is 475 g/mol. The Morgan fingerprint density at radius 2 is 2.07 bits per heavy atom. The molecule has 160 valence electrons. The summed E-state index contributed by atoms with van der Waals surface area (Å²) in [6.45, 7) is 2.31. The van der Waals surface area contributed by atoms with Crippen LogP contribution in [0.3, 0.4) is 0 Å². The number of hydrogen-bond acceptors (Lipinski definition) is 5. The maximum atomic E-state index is 12.7. The Kier molecular flexibility index (Phi) is 5.88. The number of carbonyl (C=O) groups is 2. The van der Waals surface area contributed by atoms with E-state index in [9.17, 15) is 19.8 Å². The van der Waals surface area contributed by atoms with Gasteiger partial charge in [-0.3, -0.25) is 14.5 Å². The van der Waals surface area contributed by atoms with Crippen LogP contribution in [0.15, 0.2) is 39.4 Å². The number of aromatic hydroxyl groups is 1. The van der Waals surface area contributed by atoms with Crippen LogP contribution in [-0.2, 0) is 14.3 Å². The van der Waals surface area contributed by atoms with Crippen LogP contribution in [0.1, 0.15) is 31.7 Å². The largest absolute Gasteiger partial charge is 0.507 e. The fourth-order valence-corrected chi connectivity index (χ4v) is 5.49. The van der Waals surface area contributed by atoms with E-state index in [1.165, 1.54) is 4.90 Å². The normalized spacial score (nSPS) is 28.9. The number of halogens is 1. The van der Waals surface area contributed by atoms with Gasteiger partial charge in [-0.25, -0.2) is 0 Å². The van der Waals surface area contributed by atoms with Crippen LogP contribution in [0, 0.1) is 17.8 Å². The highest BCUT2D eigenvalue weighted by Crippen LogP contribution is 2.49. The molecule has 0 radical (unpaired) electrons. The number of amides is 2. The van der Waals surface area contributed by atoms with E-state index >= 15 is 0 Å². The van der Waals surface area contributed by atoms with Crippen LogP contribution in [0.2, 0.25) is 0 Å². The molecule has 30 heavy (non-hydrogen) atoms. The molecular weight excluding hydrogens is 450 g/mol. The van der Waals surface area contributed by atoms with E-state index in [1.54, 1.807) is 19.2 Å². The fraction of sp³-hybridized carbons (Fsp3) is 0.478.